The number of phenols is 2. The van der Waals surface area contributed by atoms with Gasteiger partial charge in [-0.15, -0.1) is 6.58 Å². The minimum atomic E-state index is -0.765. The van der Waals surface area contributed by atoms with Crippen LogP contribution in [0.5, 0.6) is 11.5 Å². The largest absolute Gasteiger partial charge is 0.504 e. The molecule has 92 valence electrons. The van der Waals surface area contributed by atoms with Crippen LogP contribution in [-0.4, -0.2) is 15.1 Å². The molecule has 0 saturated heterocycles. The average Bonchev–Trinajstić information content (AvgIpc) is 2.28. The Kier molecular flexibility index (Phi) is 4.06. The number of hydrogen-bond acceptors (Lipinski definition) is 5. The van der Waals surface area contributed by atoms with Gasteiger partial charge in [0.05, 0.1) is 4.92 Å². The summed E-state index contributed by atoms with van der Waals surface area (Å²) in [6.07, 6.45) is 2.91. The average molecular weight is 238 g/mol. The minimum absolute atomic E-state index is 0.411. The van der Waals surface area contributed by atoms with Crippen molar-refractivity contribution in [2.24, 2.45) is 5.73 Å². The SMILES string of the molecule is C=CCC[C@@H](N)c1cc(O)c(O)c([N+](=O)[O-])c1. The van der Waals surface area contributed by atoms with E-state index in [1.807, 2.05) is 0 Å². The molecule has 6 nitrogen and oxygen atoms in total. The van der Waals surface area contributed by atoms with Crippen LogP contribution in [0.15, 0.2) is 24.8 Å². The number of rotatable bonds is 5. The summed E-state index contributed by atoms with van der Waals surface area (Å²) < 4.78 is 0. The monoisotopic (exact) mass is 238 g/mol. The van der Waals surface area contributed by atoms with Gasteiger partial charge in [-0.1, -0.05) is 6.08 Å². The molecule has 0 aliphatic carbocycles. The lowest BCUT2D eigenvalue weighted by Crippen LogP contribution is -2.10. The number of nitrogens with zero attached hydrogens (tertiary/aromatic N) is 1. The number of aromatic hydroxyl groups is 2. The lowest BCUT2D eigenvalue weighted by atomic mass is 10.0. The summed E-state index contributed by atoms with van der Waals surface area (Å²) in [6, 6.07) is 1.96. The lowest BCUT2D eigenvalue weighted by molar-refractivity contribution is -0.386. The Hall–Kier alpha value is -2.08. The molecule has 1 aromatic rings. The predicted molar refractivity (Wildman–Crippen MR) is 62.8 cm³/mol. The highest BCUT2D eigenvalue weighted by Crippen LogP contribution is 2.37. The van der Waals surface area contributed by atoms with Crippen molar-refractivity contribution < 1.29 is 15.1 Å². The third-order valence-electron chi connectivity index (χ3n) is 2.40. The quantitative estimate of drug-likeness (QED) is 0.314. The first-order valence-corrected chi connectivity index (χ1v) is 5.04. The van der Waals surface area contributed by atoms with Gasteiger partial charge in [0.2, 0.25) is 5.75 Å². The van der Waals surface area contributed by atoms with Crippen LogP contribution in [0.4, 0.5) is 5.69 Å². The number of benzene rings is 1. The Labute approximate surface area is 98.1 Å². The van der Waals surface area contributed by atoms with Crippen molar-refractivity contribution in [1.82, 2.24) is 0 Å². The van der Waals surface area contributed by atoms with Crippen LogP contribution in [-0.2, 0) is 0 Å². The van der Waals surface area contributed by atoms with E-state index in [9.17, 15) is 20.3 Å². The topological polar surface area (TPSA) is 110 Å². The van der Waals surface area contributed by atoms with E-state index in [0.29, 0.717) is 18.4 Å². The van der Waals surface area contributed by atoms with E-state index in [1.54, 1.807) is 6.08 Å². The van der Waals surface area contributed by atoms with Gasteiger partial charge in [-0.25, -0.2) is 0 Å². The van der Waals surface area contributed by atoms with E-state index in [1.165, 1.54) is 12.1 Å². The van der Waals surface area contributed by atoms with E-state index < -0.39 is 28.2 Å². The number of allylic oxidation sites excluding steroid dienone is 1. The van der Waals surface area contributed by atoms with Crippen molar-refractivity contribution in [3.05, 3.63) is 40.5 Å². The van der Waals surface area contributed by atoms with E-state index in [2.05, 4.69) is 6.58 Å². The standard InChI is InChI=1S/C11H14N2O4/c1-2-3-4-8(12)7-5-9(13(16)17)11(15)10(14)6-7/h2,5-6,8,14-15H,1,3-4,12H2/t8-/m1/s1. The molecule has 1 rings (SSSR count). The molecule has 0 radical (unpaired) electrons. The summed E-state index contributed by atoms with van der Waals surface area (Å²) in [5.74, 6) is -1.28. The summed E-state index contributed by atoms with van der Waals surface area (Å²) in [4.78, 5) is 9.88. The Balaban J connectivity index is 3.09. The molecule has 17 heavy (non-hydrogen) atoms. The van der Waals surface area contributed by atoms with Gasteiger partial charge in [-0.05, 0) is 24.5 Å². The maximum Gasteiger partial charge on any atom is 0.314 e. The van der Waals surface area contributed by atoms with E-state index in [0.717, 1.165) is 0 Å². The van der Waals surface area contributed by atoms with Gasteiger partial charge < -0.3 is 15.9 Å². The zero-order valence-electron chi connectivity index (χ0n) is 9.17. The third-order valence-corrected chi connectivity index (χ3v) is 2.40. The first kappa shape index (κ1) is 13.0. The number of hydrogen-bond donors (Lipinski definition) is 3. The molecule has 1 aromatic carbocycles. The minimum Gasteiger partial charge on any atom is -0.504 e. The van der Waals surface area contributed by atoms with Crippen LogP contribution >= 0.6 is 0 Å². The van der Waals surface area contributed by atoms with Crippen molar-refractivity contribution in [2.75, 3.05) is 0 Å². The third kappa shape index (κ3) is 2.94. The van der Waals surface area contributed by atoms with Gasteiger partial charge in [0.15, 0.2) is 5.75 Å². The van der Waals surface area contributed by atoms with Crippen LogP contribution in [0, 0.1) is 10.1 Å². The summed E-state index contributed by atoms with van der Waals surface area (Å²) in [5.41, 5.74) is 5.67. The molecule has 1 atom stereocenters. The Morgan fingerprint density at radius 2 is 2.18 bits per heavy atom. The molecule has 0 aromatic heterocycles. The summed E-state index contributed by atoms with van der Waals surface area (Å²) in [7, 11) is 0. The van der Waals surface area contributed by atoms with Crippen LogP contribution in [0.3, 0.4) is 0 Å². The highest BCUT2D eigenvalue weighted by atomic mass is 16.6. The highest BCUT2D eigenvalue weighted by molar-refractivity contribution is 5.56. The zero-order valence-corrected chi connectivity index (χ0v) is 9.17. The van der Waals surface area contributed by atoms with E-state index >= 15 is 0 Å². The highest BCUT2D eigenvalue weighted by Gasteiger charge is 2.20. The molecule has 4 N–H and O–H groups in total. The van der Waals surface area contributed by atoms with Gasteiger partial charge in [-0.3, -0.25) is 10.1 Å². The van der Waals surface area contributed by atoms with Crippen molar-refractivity contribution >= 4 is 5.69 Å². The second-order valence-electron chi connectivity index (χ2n) is 3.64. The Morgan fingerprint density at radius 1 is 1.53 bits per heavy atom. The number of nitro groups is 1. The van der Waals surface area contributed by atoms with E-state index in [-0.39, 0.29) is 0 Å². The molecule has 0 amide bonds. The van der Waals surface area contributed by atoms with Gasteiger partial charge >= 0.3 is 5.69 Å². The molecule has 0 unspecified atom stereocenters. The van der Waals surface area contributed by atoms with Crippen LogP contribution in [0.2, 0.25) is 0 Å². The fourth-order valence-corrected chi connectivity index (χ4v) is 1.44. The van der Waals surface area contributed by atoms with Crippen molar-refractivity contribution in [1.29, 1.82) is 0 Å². The number of phenolic OH excluding ortho intramolecular Hbond substituents is 2. The van der Waals surface area contributed by atoms with Gasteiger partial charge in [0.1, 0.15) is 0 Å². The van der Waals surface area contributed by atoms with Crippen molar-refractivity contribution in [3.63, 3.8) is 0 Å². The Morgan fingerprint density at radius 3 is 2.71 bits per heavy atom. The lowest BCUT2D eigenvalue weighted by Gasteiger charge is -2.11. The second kappa shape index (κ2) is 5.31. The molecule has 0 heterocycles. The fraction of sp³-hybridized carbons (Fsp3) is 0.273. The maximum absolute atomic E-state index is 10.6. The van der Waals surface area contributed by atoms with Crippen LogP contribution in [0.25, 0.3) is 0 Å². The van der Waals surface area contributed by atoms with Gasteiger partial charge in [-0.2, -0.15) is 0 Å². The summed E-state index contributed by atoms with van der Waals surface area (Å²) in [6.45, 7) is 3.55. The number of nitrogens with two attached hydrogens (primary N) is 1. The van der Waals surface area contributed by atoms with Gasteiger partial charge in [0.25, 0.3) is 0 Å². The van der Waals surface area contributed by atoms with Gasteiger partial charge in [0, 0.05) is 12.1 Å². The smallest absolute Gasteiger partial charge is 0.314 e. The molecule has 0 bridgehead atoms. The molecule has 0 aliphatic rings. The van der Waals surface area contributed by atoms with Crippen LogP contribution < -0.4 is 5.73 Å². The molecule has 0 saturated carbocycles. The second-order valence-corrected chi connectivity index (χ2v) is 3.64. The molecule has 0 spiro atoms. The summed E-state index contributed by atoms with van der Waals surface area (Å²) >= 11 is 0. The molecule has 0 fully saturated rings. The summed E-state index contributed by atoms with van der Waals surface area (Å²) in [5, 5.41) is 29.3. The molecule has 6 heteroatoms. The fourth-order valence-electron chi connectivity index (χ4n) is 1.44. The zero-order chi connectivity index (χ0) is 13.0. The van der Waals surface area contributed by atoms with E-state index in [4.69, 9.17) is 5.73 Å². The normalized spacial score (nSPS) is 12.1. The van der Waals surface area contributed by atoms with Crippen molar-refractivity contribution in [3.8, 4) is 11.5 Å². The molecule has 0 aliphatic heterocycles. The number of nitro benzene ring substituents is 1. The first-order valence-electron chi connectivity index (χ1n) is 5.04. The maximum atomic E-state index is 10.6. The molecular weight excluding hydrogens is 224 g/mol. The Bertz CT molecular complexity index is 445. The predicted octanol–water partition coefficient (Wildman–Crippen LogP) is 1.97. The van der Waals surface area contributed by atoms with Crippen LogP contribution in [0.1, 0.15) is 24.4 Å². The first-order chi connectivity index (χ1) is 7.97. The molecular formula is C11H14N2O4. The van der Waals surface area contributed by atoms with Crippen molar-refractivity contribution in [2.45, 2.75) is 18.9 Å².